The Labute approximate surface area is 183 Å². The SMILES string of the molecule is Cc1cn([C@H]2CC[C@@H](CO)O2)c(=O)n(CCCCNC(=O)c2ccc(F)c(C#N)c2)c1=O. The summed E-state index contributed by atoms with van der Waals surface area (Å²) < 4.78 is 21.6. The number of hydrogen-bond acceptors (Lipinski definition) is 6. The Morgan fingerprint density at radius 3 is 2.81 bits per heavy atom. The molecular weight excluding hydrogens is 419 g/mol. The van der Waals surface area contributed by atoms with E-state index in [0.29, 0.717) is 31.2 Å². The van der Waals surface area contributed by atoms with E-state index in [-0.39, 0.29) is 42.5 Å². The van der Waals surface area contributed by atoms with Crippen LogP contribution < -0.4 is 16.6 Å². The van der Waals surface area contributed by atoms with Gasteiger partial charge in [0, 0.05) is 30.4 Å². The molecule has 1 saturated heterocycles. The van der Waals surface area contributed by atoms with Crippen molar-refractivity contribution in [1.29, 1.82) is 5.26 Å². The normalized spacial score (nSPS) is 17.8. The van der Waals surface area contributed by atoms with E-state index in [1.165, 1.54) is 22.9 Å². The van der Waals surface area contributed by atoms with Crippen molar-refractivity contribution in [2.45, 2.75) is 51.5 Å². The number of benzene rings is 1. The minimum absolute atomic E-state index is 0.120. The fourth-order valence-electron chi connectivity index (χ4n) is 3.64. The van der Waals surface area contributed by atoms with Gasteiger partial charge in [0.25, 0.3) is 11.5 Å². The number of amides is 1. The minimum atomic E-state index is -0.687. The van der Waals surface area contributed by atoms with Gasteiger partial charge in [0.15, 0.2) is 0 Å². The predicted molar refractivity (Wildman–Crippen MR) is 113 cm³/mol. The van der Waals surface area contributed by atoms with Crippen LogP contribution in [-0.4, -0.2) is 39.4 Å². The third kappa shape index (κ3) is 5.12. The number of nitrogens with one attached hydrogen (secondary N) is 1. The second-order valence-corrected chi connectivity index (χ2v) is 7.70. The van der Waals surface area contributed by atoms with Crippen molar-refractivity contribution >= 4 is 5.91 Å². The highest BCUT2D eigenvalue weighted by Gasteiger charge is 2.27. The quantitative estimate of drug-likeness (QED) is 0.590. The van der Waals surface area contributed by atoms with Gasteiger partial charge in [-0.05, 0) is 50.8 Å². The predicted octanol–water partition coefficient (Wildman–Crippen LogP) is 1.21. The zero-order valence-corrected chi connectivity index (χ0v) is 17.7. The van der Waals surface area contributed by atoms with E-state index in [1.807, 2.05) is 0 Å². The number of halogens is 1. The van der Waals surface area contributed by atoms with E-state index < -0.39 is 23.6 Å². The summed E-state index contributed by atoms with van der Waals surface area (Å²) in [7, 11) is 0. The van der Waals surface area contributed by atoms with Crippen LogP contribution in [0.5, 0.6) is 0 Å². The molecule has 0 bridgehead atoms. The Kier molecular flexibility index (Phi) is 7.56. The monoisotopic (exact) mass is 444 g/mol. The van der Waals surface area contributed by atoms with E-state index in [4.69, 9.17) is 10.00 Å². The first-order chi connectivity index (χ1) is 15.3. The molecule has 2 N–H and O–H groups in total. The number of aryl methyl sites for hydroxylation is 1. The molecule has 0 radical (unpaired) electrons. The molecule has 170 valence electrons. The Bertz CT molecular complexity index is 1150. The average Bonchev–Trinajstić information content (AvgIpc) is 3.27. The summed E-state index contributed by atoms with van der Waals surface area (Å²) >= 11 is 0. The smallest absolute Gasteiger partial charge is 0.333 e. The molecule has 0 unspecified atom stereocenters. The molecule has 9 nitrogen and oxygen atoms in total. The summed E-state index contributed by atoms with van der Waals surface area (Å²) in [6.45, 7) is 1.98. The summed E-state index contributed by atoms with van der Waals surface area (Å²) in [6.07, 6.45) is 2.84. The van der Waals surface area contributed by atoms with Crippen LogP contribution in [0.4, 0.5) is 4.39 Å². The topological polar surface area (TPSA) is 126 Å². The maximum atomic E-state index is 13.4. The summed E-state index contributed by atoms with van der Waals surface area (Å²) in [6, 6.07) is 5.24. The molecule has 2 aromatic rings. The van der Waals surface area contributed by atoms with Crippen molar-refractivity contribution < 1.29 is 19.0 Å². The first-order valence-electron chi connectivity index (χ1n) is 10.4. The number of aliphatic hydroxyl groups is 1. The van der Waals surface area contributed by atoms with Gasteiger partial charge in [-0.15, -0.1) is 0 Å². The van der Waals surface area contributed by atoms with Crippen LogP contribution in [0, 0.1) is 24.1 Å². The van der Waals surface area contributed by atoms with Crippen molar-refractivity contribution in [2.75, 3.05) is 13.2 Å². The van der Waals surface area contributed by atoms with Crippen molar-refractivity contribution in [3.63, 3.8) is 0 Å². The zero-order valence-electron chi connectivity index (χ0n) is 17.7. The van der Waals surface area contributed by atoms with Crippen molar-refractivity contribution in [1.82, 2.24) is 14.5 Å². The summed E-state index contributed by atoms with van der Waals surface area (Å²) in [4.78, 5) is 37.5. The molecule has 1 aliphatic rings. The van der Waals surface area contributed by atoms with E-state index in [1.54, 1.807) is 13.0 Å². The van der Waals surface area contributed by atoms with Gasteiger partial charge in [0.2, 0.25) is 0 Å². The number of ether oxygens (including phenoxy) is 1. The molecular formula is C22H25FN4O5. The number of aliphatic hydroxyl groups excluding tert-OH is 1. The number of unbranched alkanes of at least 4 members (excludes halogenated alkanes) is 1. The van der Waals surface area contributed by atoms with Gasteiger partial charge in [-0.25, -0.2) is 9.18 Å². The van der Waals surface area contributed by atoms with Crippen LogP contribution in [0.15, 0.2) is 34.0 Å². The molecule has 0 saturated carbocycles. The third-order valence-electron chi connectivity index (χ3n) is 5.41. The molecule has 3 rings (SSSR count). The molecule has 0 aliphatic carbocycles. The van der Waals surface area contributed by atoms with Gasteiger partial charge >= 0.3 is 5.69 Å². The van der Waals surface area contributed by atoms with Gasteiger partial charge in [0.05, 0.1) is 18.3 Å². The second-order valence-electron chi connectivity index (χ2n) is 7.70. The van der Waals surface area contributed by atoms with Gasteiger partial charge < -0.3 is 15.2 Å². The standard InChI is InChI=1S/C22H25FN4O5/c1-14-12-27(19-7-5-17(13-28)32-19)22(31)26(21(14)30)9-3-2-8-25-20(29)15-4-6-18(23)16(10-15)11-24/h4,6,10,12,17,19,28H,2-3,5,7-9,13H2,1H3,(H,25,29)/t17-,19+/m0/s1. The van der Waals surface area contributed by atoms with Crippen LogP contribution in [0.1, 0.15) is 53.4 Å². The number of aromatic nitrogens is 2. The molecule has 1 aromatic heterocycles. The third-order valence-corrected chi connectivity index (χ3v) is 5.41. The highest BCUT2D eigenvalue weighted by Crippen LogP contribution is 2.26. The number of hydrogen-bond donors (Lipinski definition) is 2. The van der Waals surface area contributed by atoms with Crippen LogP contribution in [-0.2, 0) is 11.3 Å². The summed E-state index contributed by atoms with van der Waals surface area (Å²) in [5, 5.41) is 20.8. The number of nitrogens with zero attached hydrogens (tertiary/aromatic N) is 3. The van der Waals surface area contributed by atoms with Gasteiger partial charge in [-0.3, -0.25) is 18.7 Å². The molecule has 0 spiro atoms. The molecule has 1 fully saturated rings. The number of carbonyl (C=O) groups excluding carboxylic acids is 1. The van der Waals surface area contributed by atoms with Gasteiger partial charge in [-0.1, -0.05) is 0 Å². The van der Waals surface area contributed by atoms with Crippen molar-refractivity contribution in [3.8, 4) is 6.07 Å². The summed E-state index contributed by atoms with van der Waals surface area (Å²) in [5.41, 5.74) is -0.452. The average molecular weight is 444 g/mol. The van der Waals surface area contributed by atoms with Gasteiger partial charge in [-0.2, -0.15) is 5.26 Å². The molecule has 1 aliphatic heterocycles. The lowest BCUT2D eigenvalue weighted by Crippen LogP contribution is -2.42. The summed E-state index contributed by atoms with van der Waals surface area (Å²) in [5.74, 6) is -1.12. The van der Waals surface area contributed by atoms with Gasteiger partial charge in [0.1, 0.15) is 18.1 Å². The molecule has 1 aromatic carbocycles. The highest BCUT2D eigenvalue weighted by atomic mass is 19.1. The Morgan fingerprint density at radius 2 is 2.12 bits per heavy atom. The Hall–Kier alpha value is -3.29. The molecule has 10 heteroatoms. The lowest BCUT2D eigenvalue weighted by molar-refractivity contribution is -0.0253. The van der Waals surface area contributed by atoms with Crippen molar-refractivity contribution in [3.05, 3.63) is 67.7 Å². The van der Waals surface area contributed by atoms with E-state index in [2.05, 4.69) is 5.32 Å². The van der Waals surface area contributed by atoms with E-state index >= 15 is 0 Å². The number of carbonyl (C=O) groups is 1. The maximum absolute atomic E-state index is 13.4. The number of nitriles is 1. The Balaban J connectivity index is 1.58. The first-order valence-corrected chi connectivity index (χ1v) is 10.4. The fourth-order valence-corrected chi connectivity index (χ4v) is 3.64. The Morgan fingerprint density at radius 1 is 1.34 bits per heavy atom. The van der Waals surface area contributed by atoms with Crippen LogP contribution in [0.25, 0.3) is 0 Å². The largest absolute Gasteiger partial charge is 0.394 e. The van der Waals surface area contributed by atoms with Crippen LogP contribution in [0.2, 0.25) is 0 Å². The van der Waals surface area contributed by atoms with Crippen molar-refractivity contribution in [2.24, 2.45) is 0 Å². The molecule has 32 heavy (non-hydrogen) atoms. The zero-order chi connectivity index (χ0) is 23.3. The fraction of sp³-hybridized carbons (Fsp3) is 0.455. The second kappa shape index (κ2) is 10.3. The van der Waals surface area contributed by atoms with Crippen LogP contribution >= 0.6 is 0 Å². The van der Waals surface area contributed by atoms with Crippen LogP contribution in [0.3, 0.4) is 0 Å². The minimum Gasteiger partial charge on any atom is -0.394 e. The maximum Gasteiger partial charge on any atom is 0.333 e. The molecule has 2 heterocycles. The molecule has 1 amide bonds. The highest BCUT2D eigenvalue weighted by molar-refractivity contribution is 5.94. The number of rotatable bonds is 8. The van der Waals surface area contributed by atoms with E-state index in [9.17, 15) is 23.9 Å². The lowest BCUT2D eigenvalue weighted by Gasteiger charge is -2.17. The van der Waals surface area contributed by atoms with E-state index in [0.717, 1.165) is 10.6 Å². The lowest BCUT2D eigenvalue weighted by atomic mass is 10.1. The molecule has 2 atom stereocenters. The first kappa shape index (κ1) is 23.4.